The van der Waals surface area contributed by atoms with Gasteiger partial charge in [0.05, 0.1) is 27.4 Å². The summed E-state index contributed by atoms with van der Waals surface area (Å²) in [4.78, 5) is 25.4. The van der Waals surface area contributed by atoms with Gasteiger partial charge in [-0.1, -0.05) is 11.6 Å². The molecule has 2 unspecified atom stereocenters. The summed E-state index contributed by atoms with van der Waals surface area (Å²) in [5, 5.41) is 15.3. The number of hydrogen-bond donors (Lipinski definition) is 3. The summed E-state index contributed by atoms with van der Waals surface area (Å²) in [6.07, 6.45) is -1.07. The van der Waals surface area contributed by atoms with Crippen LogP contribution in [-0.4, -0.2) is 73.4 Å². The van der Waals surface area contributed by atoms with E-state index in [1.54, 1.807) is 13.8 Å². The third kappa shape index (κ3) is 5.39. The minimum absolute atomic E-state index is 0.0869. The van der Waals surface area contributed by atoms with E-state index in [1.165, 1.54) is 12.1 Å². The highest BCUT2D eigenvalue weighted by molar-refractivity contribution is 7.92. The molecule has 238 valence electrons. The number of rotatable bonds is 7. The number of hydrogen-bond acceptors (Lipinski definition) is 8. The third-order valence-corrected chi connectivity index (χ3v) is 11.7. The molecule has 44 heavy (non-hydrogen) atoms. The summed E-state index contributed by atoms with van der Waals surface area (Å²) >= 11 is 6.25. The average molecular weight is 659 g/mol. The molecule has 2 saturated heterocycles. The molecule has 2 bridgehead atoms. The molecule has 2 aliphatic heterocycles. The maximum Gasteiger partial charge on any atom is 0.255 e. The van der Waals surface area contributed by atoms with Gasteiger partial charge in [0.15, 0.2) is 39.2 Å². The molecule has 0 spiro atoms. The van der Waals surface area contributed by atoms with Gasteiger partial charge in [0.2, 0.25) is 0 Å². The number of carbonyl (C=O) groups is 2. The number of carbonyl (C=O) groups excluding carboxylic acids is 2. The minimum Gasteiger partial charge on any atom is -0.387 e. The highest BCUT2D eigenvalue weighted by Gasteiger charge is 2.60. The molecule has 2 heterocycles. The fourth-order valence-corrected chi connectivity index (χ4v) is 9.17. The van der Waals surface area contributed by atoms with Crippen molar-refractivity contribution in [2.75, 3.05) is 18.5 Å². The van der Waals surface area contributed by atoms with Gasteiger partial charge in [-0.2, -0.15) is 0 Å². The zero-order chi connectivity index (χ0) is 31.8. The predicted molar refractivity (Wildman–Crippen MR) is 149 cm³/mol. The van der Waals surface area contributed by atoms with Crippen LogP contribution in [0.5, 0.6) is 0 Å². The first-order valence-corrected chi connectivity index (χ1v) is 16.0. The van der Waals surface area contributed by atoms with Crippen molar-refractivity contribution >= 4 is 38.9 Å². The molecule has 0 radical (unpaired) electrons. The largest absolute Gasteiger partial charge is 0.387 e. The van der Waals surface area contributed by atoms with Gasteiger partial charge in [-0.3, -0.25) is 9.59 Å². The Balaban J connectivity index is 1.11. The normalized spacial score (nSPS) is 32.1. The number of aliphatic hydroxyl groups is 1. The molecule has 3 saturated carbocycles. The first-order valence-electron chi connectivity index (χ1n) is 14.1. The second-order valence-electron chi connectivity index (χ2n) is 12.2. The molecule has 7 rings (SSSR count). The number of sulfone groups is 1. The van der Waals surface area contributed by atoms with E-state index in [9.17, 15) is 36.3 Å². The van der Waals surface area contributed by atoms with Crippen LogP contribution in [0.3, 0.4) is 0 Å². The topological polar surface area (TPSA) is 140 Å². The van der Waals surface area contributed by atoms with E-state index in [0.29, 0.717) is 18.6 Å². The number of benzene rings is 2. The maximum absolute atomic E-state index is 13.7. The molecule has 5 fully saturated rings. The number of amides is 2. The van der Waals surface area contributed by atoms with E-state index in [-0.39, 0.29) is 53.3 Å². The van der Waals surface area contributed by atoms with Crippen LogP contribution in [0, 0.1) is 29.3 Å². The number of fused-ring (bicyclic) bond motifs is 3. The lowest BCUT2D eigenvalue weighted by atomic mass is 9.53. The van der Waals surface area contributed by atoms with Crippen molar-refractivity contribution in [3.8, 4) is 0 Å². The van der Waals surface area contributed by atoms with Crippen LogP contribution in [0.15, 0.2) is 35.2 Å². The van der Waals surface area contributed by atoms with E-state index in [4.69, 9.17) is 25.8 Å². The average Bonchev–Trinajstić information content (AvgIpc) is 3.49. The monoisotopic (exact) mass is 658 g/mol. The number of halogens is 4. The van der Waals surface area contributed by atoms with Gasteiger partial charge in [0.25, 0.3) is 11.8 Å². The van der Waals surface area contributed by atoms with Gasteiger partial charge in [0, 0.05) is 29.9 Å². The Kier molecular flexibility index (Phi) is 7.78. The second kappa shape index (κ2) is 11.0. The zero-order valence-corrected chi connectivity index (χ0v) is 25.2. The predicted octanol–water partition coefficient (Wildman–Crippen LogP) is 3.35. The summed E-state index contributed by atoms with van der Waals surface area (Å²) in [5.74, 6) is -7.72. The Morgan fingerprint density at radius 1 is 1.05 bits per heavy atom. The van der Waals surface area contributed by atoms with E-state index in [1.807, 2.05) is 0 Å². The van der Waals surface area contributed by atoms with Gasteiger partial charge in [-0.05, 0) is 63.1 Å². The molecule has 2 aromatic rings. The van der Waals surface area contributed by atoms with Gasteiger partial charge in [0.1, 0.15) is 12.2 Å². The molecule has 3 N–H and O–H groups in total. The van der Waals surface area contributed by atoms with Crippen LogP contribution in [0.4, 0.5) is 18.9 Å². The van der Waals surface area contributed by atoms with Crippen molar-refractivity contribution in [1.29, 1.82) is 0 Å². The fourth-order valence-electron chi connectivity index (χ4n) is 6.77. The van der Waals surface area contributed by atoms with Crippen molar-refractivity contribution in [3.05, 3.63) is 58.4 Å². The second-order valence-corrected chi connectivity index (χ2v) is 14.8. The van der Waals surface area contributed by atoms with Crippen molar-refractivity contribution in [2.45, 2.75) is 73.0 Å². The highest BCUT2D eigenvalue weighted by Crippen LogP contribution is 2.55. The molecule has 2 aromatic carbocycles. The molecule has 2 amide bonds. The Bertz CT molecular complexity index is 1610. The Hall–Kier alpha value is -2.75. The van der Waals surface area contributed by atoms with Crippen LogP contribution in [0.25, 0.3) is 0 Å². The minimum atomic E-state index is -4.09. The van der Waals surface area contributed by atoms with Crippen LogP contribution in [0.2, 0.25) is 5.02 Å². The molecule has 5 aliphatic rings. The molecular weight excluding hydrogens is 629 g/mol. The van der Waals surface area contributed by atoms with E-state index >= 15 is 0 Å². The summed E-state index contributed by atoms with van der Waals surface area (Å²) in [6, 6.07) is 4.72. The third-order valence-electron chi connectivity index (χ3n) is 9.02. The van der Waals surface area contributed by atoms with Crippen LogP contribution < -0.4 is 10.6 Å². The zero-order valence-electron chi connectivity index (χ0n) is 23.6. The summed E-state index contributed by atoms with van der Waals surface area (Å²) in [7, 11) is -4.09. The Morgan fingerprint density at radius 2 is 1.70 bits per heavy atom. The SMILES string of the molecule is CC1(C)O[C@H]2[C@H](CO[C@@H]2C(=O)NCC2(O)C3CC2CC(S(=O)(=O)c2cc(C(=O)Nc4cc(F)c(F)c(F)c4)ccc2Cl)C3)O1. The number of nitrogens with one attached hydrogen (secondary N) is 2. The lowest BCUT2D eigenvalue weighted by Gasteiger charge is -2.58. The van der Waals surface area contributed by atoms with Gasteiger partial charge >= 0.3 is 0 Å². The molecule has 15 heteroatoms. The Morgan fingerprint density at radius 3 is 2.36 bits per heavy atom. The van der Waals surface area contributed by atoms with Crippen molar-refractivity contribution in [2.24, 2.45) is 11.8 Å². The fraction of sp³-hybridized carbons (Fsp3) is 0.517. The van der Waals surface area contributed by atoms with Crippen LogP contribution in [0.1, 0.15) is 43.5 Å². The van der Waals surface area contributed by atoms with Gasteiger partial charge < -0.3 is 30.0 Å². The quantitative estimate of drug-likeness (QED) is 0.385. The van der Waals surface area contributed by atoms with Crippen molar-refractivity contribution in [3.63, 3.8) is 0 Å². The smallest absolute Gasteiger partial charge is 0.255 e. The first-order chi connectivity index (χ1) is 20.6. The lowest BCUT2D eigenvalue weighted by Crippen LogP contribution is -2.66. The highest BCUT2D eigenvalue weighted by atomic mass is 35.5. The number of ether oxygens (including phenoxy) is 3. The van der Waals surface area contributed by atoms with E-state index < -0.39 is 79.8 Å². The van der Waals surface area contributed by atoms with Crippen LogP contribution >= 0.6 is 11.6 Å². The molecule has 10 nitrogen and oxygen atoms in total. The first kappa shape index (κ1) is 31.2. The molecular formula is C29H30ClF3N2O8S. The van der Waals surface area contributed by atoms with Gasteiger partial charge in [-0.15, -0.1) is 0 Å². The van der Waals surface area contributed by atoms with Crippen molar-refractivity contribution in [1.82, 2.24) is 5.32 Å². The molecule has 3 aliphatic carbocycles. The Labute approximate surface area is 256 Å². The molecule has 5 atom stereocenters. The lowest BCUT2D eigenvalue weighted by molar-refractivity contribution is -0.184. The summed E-state index contributed by atoms with van der Waals surface area (Å²) in [5.41, 5.74) is -1.83. The van der Waals surface area contributed by atoms with E-state index in [2.05, 4.69) is 10.6 Å². The summed E-state index contributed by atoms with van der Waals surface area (Å²) < 4.78 is 84.9. The van der Waals surface area contributed by atoms with Crippen molar-refractivity contribution < 1.29 is 50.5 Å². The van der Waals surface area contributed by atoms with Gasteiger partial charge in [-0.25, -0.2) is 21.6 Å². The van der Waals surface area contributed by atoms with Crippen LogP contribution in [-0.2, 0) is 28.8 Å². The van der Waals surface area contributed by atoms with E-state index in [0.717, 1.165) is 6.07 Å². The molecule has 0 aromatic heterocycles. The summed E-state index contributed by atoms with van der Waals surface area (Å²) in [6.45, 7) is 3.62. The maximum atomic E-state index is 13.7. The number of anilines is 1. The standard InChI is InChI=1S/C29H30ClF3N2O8S/c1-28(2)42-21-11-41-25(24(21)43-28)27(37)34-12-29(38)14-6-15(29)8-17(7-14)44(39,40)22-5-13(3-4-18(22)30)26(36)35-16-9-19(31)23(33)20(32)10-16/h3-5,9-10,14-15,17,21,24-25,38H,6-8,11-12H2,1-2H3,(H,34,37)(H,35,36)/t14?,15?,17?,21-,24-,25-,29?/m0/s1.